The average Bonchev–Trinajstić information content (AvgIpc) is 3.27. The van der Waals surface area contributed by atoms with Crippen LogP contribution in [0.15, 0.2) is 42.3 Å². The fourth-order valence-electron chi connectivity index (χ4n) is 4.13. The number of carbonyl (C=O) groups is 3. The summed E-state index contributed by atoms with van der Waals surface area (Å²) in [5.41, 5.74) is 0.142. The van der Waals surface area contributed by atoms with E-state index in [2.05, 4.69) is 5.32 Å². The van der Waals surface area contributed by atoms with Gasteiger partial charge in [0.1, 0.15) is 18.4 Å². The number of piperidine rings is 1. The molecule has 0 bridgehead atoms. The summed E-state index contributed by atoms with van der Waals surface area (Å²) in [6.07, 6.45) is 0.126. The molecule has 0 radical (unpaired) electrons. The minimum atomic E-state index is -0.969. The van der Waals surface area contributed by atoms with E-state index in [1.807, 2.05) is 4.90 Å². The summed E-state index contributed by atoms with van der Waals surface area (Å²) in [5.74, 6) is -1.99. The van der Waals surface area contributed by atoms with Crippen LogP contribution in [-0.4, -0.2) is 59.9 Å². The summed E-state index contributed by atoms with van der Waals surface area (Å²) in [6, 6.07) is -3.48. The molecule has 1 atom stereocenters. The van der Waals surface area contributed by atoms with E-state index >= 15 is 0 Å². The van der Waals surface area contributed by atoms with E-state index in [1.54, 1.807) is 0 Å². The number of fused-ring (bicyclic) bond motifs is 1. The Morgan fingerprint density at radius 3 is 2.58 bits per heavy atom. The molecule has 8 nitrogen and oxygen atoms in total. The third-order valence-electron chi connectivity index (χ3n) is 5.90. The minimum absolute atomic E-state index is 0.0337. The average molecular weight is 457 g/mol. The number of nitrogens with one attached hydrogen (secondary N) is 1. The first kappa shape index (κ1) is 14.8. The monoisotopic (exact) mass is 456 g/mol. The molecule has 0 aliphatic carbocycles. The van der Waals surface area contributed by atoms with Gasteiger partial charge in [0.2, 0.25) is 11.8 Å². The number of morpholine rings is 1. The Bertz CT molecular complexity index is 1400. The largest absolute Gasteiger partial charge is 0.489 e. The van der Waals surface area contributed by atoms with Gasteiger partial charge in [-0.05, 0) is 29.6 Å². The normalized spacial score (nSPS) is 24.1. The Hall–Kier alpha value is -3.23. The molecule has 1 N–H and O–H groups in total. The van der Waals surface area contributed by atoms with Gasteiger partial charge < -0.3 is 14.4 Å². The van der Waals surface area contributed by atoms with Crippen molar-refractivity contribution in [2.24, 2.45) is 0 Å². The fraction of sp³-hybridized carbons (Fsp3) is 0.400. The molecule has 8 heteroatoms. The van der Waals surface area contributed by atoms with E-state index in [0.29, 0.717) is 26.3 Å². The van der Waals surface area contributed by atoms with E-state index in [-0.39, 0.29) is 78.1 Å². The van der Waals surface area contributed by atoms with Crippen molar-refractivity contribution < 1.29 is 33.5 Å². The van der Waals surface area contributed by atoms with Gasteiger partial charge in [0, 0.05) is 37.2 Å². The number of nitrogens with zero attached hydrogens (tertiary/aromatic N) is 2. The third-order valence-corrected chi connectivity index (χ3v) is 5.90. The lowest BCUT2D eigenvalue weighted by molar-refractivity contribution is -0.136. The lowest BCUT2D eigenvalue weighted by Crippen LogP contribution is -2.52. The van der Waals surface area contributed by atoms with E-state index in [9.17, 15) is 14.4 Å². The first-order valence-corrected chi connectivity index (χ1v) is 10.8. The maximum absolute atomic E-state index is 13.3. The van der Waals surface area contributed by atoms with Crippen molar-refractivity contribution in [3.63, 3.8) is 0 Å². The van der Waals surface area contributed by atoms with Crippen molar-refractivity contribution in [2.45, 2.75) is 38.6 Å². The predicted octanol–water partition coefficient (Wildman–Crippen LogP) is 1.86. The number of hydrogen-bond donors (Lipinski definition) is 1. The molecule has 172 valence electrons. The van der Waals surface area contributed by atoms with E-state index < -0.39 is 48.5 Å². The molecule has 5 rings (SSSR count). The first-order valence-electron chi connectivity index (χ1n) is 14.3. The number of amides is 3. The molecule has 0 spiro atoms. The second kappa shape index (κ2) is 9.33. The zero-order valence-corrected chi connectivity index (χ0v) is 17.9. The lowest BCUT2D eigenvalue weighted by atomic mass is 10.0. The molecule has 0 saturated carbocycles. The molecule has 0 aromatic heterocycles. The van der Waals surface area contributed by atoms with E-state index in [4.69, 9.17) is 19.1 Å². The zero-order chi connectivity index (χ0) is 28.9. The van der Waals surface area contributed by atoms with Crippen LogP contribution in [0, 0.1) is 0 Å². The van der Waals surface area contributed by atoms with Crippen LogP contribution in [0.25, 0.3) is 0 Å². The maximum Gasteiger partial charge on any atom is 0.255 e. The zero-order valence-electron chi connectivity index (χ0n) is 24.9. The molecule has 2 aromatic carbocycles. The van der Waals surface area contributed by atoms with Crippen LogP contribution in [0.5, 0.6) is 5.75 Å². The second-order valence-electron chi connectivity index (χ2n) is 8.09. The van der Waals surface area contributed by atoms with Crippen LogP contribution in [0.3, 0.4) is 0 Å². The highest BCUT2D eigenvalue weighted by Gasteiger charge is 2.40. The molecule has 2 aromatic rings. The Kier molecular flexibility index (Phi) is 4.19. The highest BCUT2D eigenvalue weighted by Crippen LogP contribution is 2.34. The maximum atomic E-state index is 13.3. The van der Waals surface area contributed by atoms with Crippen molar-refractivity contribution in [2.75, 3.05) is 26.3 Å². The van der Waals surface area contributed by atoms with Crippen LogP contribution in [-0.2, 0) is 34.0 Å². The van der Waals surface area contributed by atoms with Crippen LogP contribution in [0.2, 0.25) is 0 Å². The molecule has 3 aliphatic rings. The quantitative estimate of drug-likeness (QED) is 0.668. The Morgan fingerprint density at radius 1 is 1.06 bits per heavy atom. The topological polar surface area (TPSA) is 88.2 Å². The van der Waals surface area contributed by atoms with Crippen LogP contribution in [0.4, 0.5) is 0 Å². The smallest absolute Gasteiger partial charge is 0.255 e. The molecule has 3 aliphatic heterocycles. The molecule has 33 heavy (non-hydrogen) atoms. The number of ether oxygens (including phenoxy) is 2. The summed E-state index contributed by atoms with van der Waals surface area (Å²) in [6.45, 7) is 1.82. The minimum Gasteiger partial charge on any atom is -0.489 e. The number of rotatable bonds is 6. The van der Waals surface area contributed by atoms with Crippen molar-refractivity contribution in [1.29, 1.82) is 0 Å². The molecule has 2 fully saturated rings. The summed E-state index contributed by atoms with van der Waals surface area (Å²) < 4.78 is 70.1. The second-order valence-corrected chi connectivity index (χ2v) is 8.09. The van der Waals surface area contributed by atoms with Crippen molar-refractivity contribution in [1.82, 2.24) is 15.1 Å². The predicted molar refractivity (Wildman–Crippen MR) is 119 cm³/mol. The standard InChI is InChI=1S/C25H27N3O5/c29-23-9-8-21(24(30)26-23)28-15-20-19(25(28)31)2-1-3-22(20)33-16-18-6-4-17(5-7-18)14-27-10-12-32-13-11-27/h1-7,21H,8-16H2,(H,26,29,30)/t21-/m1/s1/i1D,2D,3D,4D,5D,6D,7D. The van der Waals surface area contributed by atoms with Gasteiger partial charge in [-0.1, -0.05) is 30.2 Å². The van der Waals surface area contributed by atoms with Crippen molar-refractivity contribution in [3.05, 3.63) is 64.6 Å². The van der Waals surface area contributed by atoms with Gasteiger partial charge in [-0.15, -0.1) is 0 Å². The van der Waals surface area contributed by atoms with Crippen LogP contribution >= 0.6 is 0 Å². The number of imide groups is 1. The van der Waals surface area contributed by atoms with Gasteiger partial charge in [0.05, 0.1) is 29.4 Å². The number of benzene rings is 2. The highest BCUT2D eigenvalue weighted by molar-refractivity contribution is 6.05. The lowest BCUT2D eigenvalue weighted by Gasteiger charge is -2.29. The highest BCUT2D eigenvalue weighted by atomic mass is 16.5. The third kappa shape index (κ3) is 4.62. The van der Waals surface area contributed by atoms with Crippen LogP contribution < -0.4 is 10.1 Å². The van der Waals surface area contributed by atoms with Crippen molar-refractivity contribution >= 4 is 17.7 Å². The van der Waals surface area contributed by atoms with Gasteiger partial charge in [-0.3, -0.25) is 24.6 Å². The molecule has 0 unspecified atom stereocenters. The summed E-state index contributed by atoms with van der Waals surface area (Å²) in [5, 5.41) is 2.20. The van der Waals surface area contributed by atoms with Crippen molar-refractivity contribution in [3.8, 4) is 5.75 Å². The van der Waals surface area contributed by atoms with Gasteiger partial charge in [0.15, 0.2) is 0 Å². The first-order chi connectivity index (χ1) is 19.0. The van der Waals surface area contributed by atoms with Gasteiger partial charge in [-0.25, -0.2) is 0 Å². The molecular formula is C25H27N3O5. The Morgan fingerprint density at radius 2 is 1.82 bits per heavy atom. The Balaban J connectivity index is 1.45. The summed E-state index contributed by atoms with van der Waals surface area (Å²) in [7, 11) is 0. The fourth-order valence-corrected chi connectivity index (χ4v) is 4.13. The number of hydrogen-bond acceptors (Lipinski definition) is 6. The summed E-state index contributed by atoms with van der Waals surface area (Å²) >= 11 is 0. The molecule has 3 amide bonds. The summed E-state index contributed by atoms with van der Waals surface area (Å²) in [4.78, 5) is 40.4. The van der Waals surface area contributed by atoms with Gasteiger partial charge >= 0.3 is 0 Å². The SMILES string of the molecule is [2H]c1c([2H])c(OCc2c([2H])c([2H])c(CN3CCOCC3)c([2H])c2[2H])c2c(c1[2H])C(=O)N([C@@H]1CCC(=O)NC1=O)C2. The van der Waals surface area contributed by atoms with E-state index in [1.165, 1.54) is 4.90 Å². The molecular weight excluding hydrogens is 422 g/mol. The van der Waals surface area contributed by atoms with Crippen LogP contribution in [0.1, 0.15) is 49.5 Å². The molecule has 2 saturated heterocycles. The van der Waals surface area contributed by atoms with Gasteiger partial charge in [-0.2, -0.15) is 0 Å². The van der Waals surface area contributed by atoms with Gasteiger partial charge in [0.25, 0.3) is 5.91 Å². The Labute approximate surface area is 202 Å². The van der Waals surface area contributed by atoms with E-state index in [0.717, 1.165) is 0 Å². The number of carbonyl (C=O) groups excluding carboxylic acids is 3. The molecule has 3 heterocycles.